The lowest BCUT2D eigenvalue weighted by Gasteiger charge is -2.16. The van der Waals surface area contributed by atoms with Crippen molar-refractivity contribution in [2.75, 3.05) is 10.2 Å². The van der Waals surface area contributed by atoms with Gasteiger partial charge in [-0.05, 0) is 56.2 Å². The first-order chi connectivity index (χ1) is 12.3. The largest absolute Gasteiger partial charge is 0.326 e. The molecule has 0 aliphatic carbocycles. The van der Waals surface area contributed by atoms with E-state index >= 15 is 0 Å². The van der Waals surface area contributed by atoms with Crippen LogP contribution >= 0.6 is 24.0 Å². The molecule has 1 heterocycles. The minimum absolute atomic E-state index is 0.0962. The zero-order chi connectivity index (χ0) is 18.8. The Balaban J connectivity index is 1.67. The third-order valence-corrected chi connectivity index (χ3v) is 5.88. The van der Waals surface area contributed by atoms with E-state index in [1.54, 1.807) is 0 Å². The topological polar surface area (TPSA) is 49.4 Å². The summed E-state index contributed by atoms with van der Waals surface area (Å²) in [5.74, 6) is -0.327. The number of benzene rings is 2. The van der Waals surface area contributed by atoms with Gasteiger partial charge in [-0.15, -0.1) is 0 Å². The molecule has 4 nitrogen and oxygen atoms in total. The Labute approximate surface area is 163 Å². The van der Waals surface area contributed by atoms with Crippen LogP contribution in [0.3, 0.4) is 0 Å². The highest BCUT2D eigenvalue weighted by atomic mass is 32.2. The first-order valence-electron chi connectivity index (χ1n) is 8.33. The molecule has 2 amide bonds. The summed E-state index contributed by atoms with van der Waals surface area (Å²) in [4.78, 5) is 26.6. The lowest BCUT2D eigenvalue weighted by atomic mass is 10.1. The van der Waals surface area contributed by atoms with Gasteiger partial charge in [0.25, 0.3) is 0 Å². The van der Waals surface area contributed by atoms with Crippen LogP contribution in [0.1, 0.15) is 23.1 Å². The van der Waals surface area contributed by atoms with E-state index in [2.05, 4.69) is 5.32 Å². The summed E-state index contributed by atoms with van der Waals surface area (Å²) in [6, 6.07) is 13.4. The molecular weight excluding hydrogens is 364 g/mol. The van der Waals surface area contributed by atoms with Gasteiger partial charge < -0.3 is 5.32 Å². The summed E-state index contributed by atoms with van der Waals surface area (Å²) >= 11 is 6.63. The van der Waals surface area contributed by atoms with E-state index in [0.29, 0.717) is 4.32 Å². The van der Waals surface area contributed by atoms with Crippen molar-refractivity contribution in [3.63, 3.8) is 0 Å². The number of thioether (sulfide) groups is 1. The predicted molar refractivity (Wildman–Crippen MR) is 112 cm³/mol. The Hall–Kier alpha value is -2.18. The van der Waals surface area contributed by atoms with Gasteiger partial charge >= 0.3 is 0 Å². The summed E-state index contributed by atoms with van der Waals surface area (Å²) in [5, 5.41) is 2.38. The molecule has 3 rings (SSSR count). The van der Waals surface area contributed by atoms with Crippen LogP contribution in [0.25, 0.3) is 0 Å². The van der Waals surface area contributed by atoms with Crippen molar-refractivity contribution < 1.29 is 9.59 Å². The SMILES string of the molecule is Cc1ccc(N2C(=O)C(CC(=O)Nc3ccc(C)c(C)c3)SC2=S)cc1. The third-order valence-electron chi connectivity index (χ3n) is 4.38. The smallest absolute Gasteiger partial charge is 0.246 e. The van der Waals surface area contributed by atoms with Gasteiger partial charge in [0.2, 0.25) is 11.8 Å². The summed E-state index contributed by atoms with van der Waals surface area (Å²) in [7, 11) is 0. The summed E-state index contributed by atoms with van der Waals surface area (Å²) in [5.41, 5.74) is 4.88. The van der Waals surface area contributed by atoms with E-state index < -0.39 is 5.25 Å². The zero-order valence-electron chi connectivity index (χ0n) is 14.9. The molecule has 0 bridgehead atoms. The molecule has 1 unspecified atom stereocenters. The van der Waals surface area contributed by atoms with Crippen LogP contribution in [0.5, 0.6) is 0 Å². The molecule has 1 aliphatic rings. The first kappa shape index (κ1) is 18.6. The number of rotatable bonds is 4. The standard InChI is InChI=1S/C20H20N2O2S2/c1-12-4-8-16(9-5-12)22-19(24)17(26-20(22)25)11-18(23)21-15-7-6-13(2)14(3)10-15/h4-10,17H,11H2,1-3H3,(H,21,23). The third kappa shape index (κ3) is 3.97. The Morgan fingerprint density at radius 1 is 1.12 bits per heavy atom. The maximum atomic E-state index is 12.7. The number of carbonyl (C=O) groups excluding carboxylic acids is 2. The quantitative estimate of drug-likeness (QED) is 0.795. The van der Waals surface area contributed by atoms with E-state index in [0.717, 1.165) is 22.5 Å². The fourth-order valence-corrected chi connectivity index (χ4v) is 4.24. The molecule has 1 atom stereocenters. The molecule has 1 fully saturated rings. The van der Waals surface area contributed by atoms with Crippen molar-refractivity contribution in [3.8, 4) is 0 Å². The second kappa shape index (κ2) is 7.60. The van der Waals surface area contributed by atoms with Gasteiger partial charge in [0.1, 0.15) is 9.57 Å². The molecular formula is C20H20N2O2S2. The van der Waals surface area contributed by atoms with E-state index in [4.69, 9.17) is 12.2 Å². The van der Waals surface area contributed by atoms with Gasteiger partial charge in [-0.2, -0.15) is 0 Å². The molecule has 0 saturated carbocycles. The Kier molecular flexibility index (Phi) is 5.44. The van der Waals surface area contributed by atoms with Crippen LogP contribution in [-0.2, 0) is 9.59 Å². The molecule has 6 heteroatoms. The normalized spacial score (nSPS) is 16.9. The lowest BCUT2D eigenvalue weighted by molar-refractivity contribution is -0.121. The van der Waals surface area contributed by atoms with E-state index in [9.17, 15) is 9.59 Å². The number of hydrogen-bond acceptors (Lipinski definition) is 4. The van der Waals surface area contributed by atoms with Crippen molar-refractivity contribution in [1.82, 2.24) is 0 Å². The number of nitrogens with zero attached hydrogens (tertiary/aromatic N) is 1. The summed E-state index contributed by atoms with van der Waals surface area (Å²) < 4.78 is 0.489. The maximum Gasteiger partial charge on any atom is 0.246 e. The van der Waals surface area contributed by atoms with Gasteiger partial charge in [-0.1, -0.05) is 47.7 Å². The highest BCUT2D eigenvalue weighted by Gasteiger charge is 2.39. The molecule has 26 heavy (non-hydrogen) atoms. The first-order valence-corrected chi connectivity index (χ1v) is 9.62. The molecule has 0 aromatic heterocycles. The van der Waals surface area contributed by atoms with Gasteiger partial charge in [-0.25, -0.2) is 0 Å². The van der Waals surface area contributed by atoms with Crippen LogP contribution < -0.4 is 10.2 Å². The van der Waals surface area contributed by atoms with Crippen molar-refractivity contribution in [2.24, 2.45) is 0 Å². The average Bonchev–Trinajstić information content (AvgIpc) is 2.86. The van der Waals surface area contributed by atoms with Gasteiger partial charge in [0.05, 0.1) is 5.69 Å². The minimum Gasteiger partial charge on any atom is -0.326 e. The van der Waals surface area contributed by atoms with E-state index in [1.807, 2.05) is 63.2 Å². The van der Waals surface area contributed by atoms with Crippen molar-refractivity contribution >= 4 is 51.5 Å². The molecule has 0 radical (unpaired) electrons. The zero-order valence-corrected chi connectivity index (χ0v) is 16.5. The number of thiocarbonyl (C=S) groups is 1. The van der Waals surface area contributed by atoms with Crippen LogP contribution in [0.4, 0.5) is 11.4 Å². The molecule has 1 N–H and O–H groups in total. The number of hydrogen-bond donors (Lipinski definition) is 1. The maximum absolute atomic E-state index is 12.7. The predicted octanol–water partition coefficient (Wildman–Crippen LogP) is 4.37. The molecule has 2 aromatic rings. The van der Waals surface area contributed by atoms with Crippen molar-refractivity contribution in [1.29, 1.82) is 0 Å². The minimum atomic E-state index is -0.490. The number of amides is 2. The molecule has 1 aliphatic heterocycles. The summed E-state index contributed by atoms with van der Waals surface area (Å²) in [6.45, 7) is 6.01. The lowest BCUT2D eigenvalue weighted by Crippen LogP contribution is -2.32. The van der Waals surface area contributed by atoms with Crippen LogP contribution in [0.15, 0.2) is 42.5 Å². The van der Waals surface area contributed by atoms with Crippen molar-refractivity contribution in [2.45, 2.75) is 32.4 Å². The Morgan fingerprint density at radius 3 is 2.46 bits per heavy atom. The highest BCUT2D eigenvalue weighted by molar-refractivity contribution is 8.25. The molecule has 1 saturated heterocycles. The number of aryl methyl sites for hydroxylation is 3. The van der Waals surface area contributed by atoms with E-state index in [1.165, 1.54) is 22.2 Å². The summed E-state index contributed by atoms with van der Waals surface area (Å²) in [6.07, 6.45) is 0.0962. The fraction of sp³-hybridized carbons (Fsp3) is 0.250. The van der Waals surface area contributed by atoms with Crippen molar-refractivity contribution in [3.05, 3.63) is 59.2 Å². The molecule has 0 spiro atoms. The van der Waals surface area contributed by atoms with Crippen LogP contribution in [0, 0.1) is 20.8 Å². The molecule has 134 valence electrons. The monoisotopic (exact) mass is 384 g/mol. The Bertz CT molecular complexity index is 878. The number of nitrogens with one attached hydrogen (secondary N) is 1. The van der Waals surface area contributed by atoms with Gasteiger partial charge in [0.15, 0.2) is 0 Å². The van der Waals surface area contributed by atoms with Crippen LogP contribution in [0.2, 0.25) is 0 Å². The molecule has 2 aromatic carbocycles. The number of carbonyl (C=O) groups is 2. The average molecular weight is 385 g/mol. The Morgan fingerprint density at radius 2 is 1.81 bits per heavy atom. The van der Waals surface area contributed by atoms with Crippen LogP contribution in [-0.4, -0.2) is 21.4 Å². The van der Waals surface area contributed by atoms with Gasteiger partial charge in [-0.3, -0.25) is 14.5 Å². The van der Waals surface area contributed by atoms with E-state index in [-0.39, 0.29) is 18.2 Å². The second-order valence-electron chi connectivity index (χ2n) is 6.43. The van der Waals surface area contributed by atoms with Gasteiger partial charge in [0, 0.05) is 12.1 Å². The second-order valence-corrected chi connectivity index (χ2v) is 8.27. The number of anilines is 2. The fourth-order valence-electron chi connectivity index (χ4n) is 2.71. The highest BCUT2D eigenvalue weighted by Crippen LogP contribution is 2.34.